The Hall–Kier alpha value is -0.870. The van der Waals surface area contributed by atoms with Crippen LogP contribution in [0.2, 0.25) is 0 Å². The highest BCUT2D eigenvalue weighted by Crippen LogP contribution is 2.23. The molecule has 0 aliphatic rings. The van der Waals surface area contributed by atoms with Crippen molar-refractivity contribution in [3.63, 3.8) is 0 Å². The van der Waals surface area contributed by atoms with Gasteiger partial charge in [0.2, 0.25) is 10.0 Å². The molecule has 4 heteroatoms. The highest BCUT2D eigenvalue weighted by Gasteiger charge is 2.16. The maximum atomic E-state index is 11.4. The van der Waals surface area contributed by atoms with Gasteiger partial charge in [0.25, 0.3) is 0 Å². The van der Waals surface area contributed by atoms with Crippen molar-refractivity contribution in [3.05, 3.63) is 28.8 Å². The van der Waals surface area contributed by atoms with Crippen LogP contribution in [0.25, 0.3) is 0 Å². The van der Waals surface area contributed by atoms with Gasteiger partial charge in [0.1, 0.15) is 0 Å². The molecule has 2 N–H and O–H groups in total. The summed E-state index contributed by atoms with van der Waals surface area (Å²) in [5, 5.41) is 5.18. The third kappa shape index (κ3) is 2.38. The van der Waals surface area contributed by atoms with E-state index in [1.807, 2.05) is 26.8 Å². The van der Waals surface area contributed by atoms with E-state index < -0.39 is 10.0 Å². The maximum absolute atomic E-state index is 11.4. The number of aryl methyl sites for hydroxylation is 1. The molecule has 0 fully saturated rings. The van der Waals surface area contributed by atoms with Crippen molar-refractivity contribution in [2.24, 2.45) is 5.14 Å². The van der Waals surface area contributed by atoms with Gasteiger partial charge >= 0.3 is 0 Å². The van der Waals surface area contributed by atoms with Gasteiger partial charge in [-0.2, -0.15) is 0 Å². The van der Waals surface area contributed by atoms with E-state index in [-0.39, 0.29) is 4.90 Å². The molecule has 1 rings (SSSR count). The Labute approximate surface area is 91.4 Å². The molecule has 0 aliphatic heterocycles. The number of benzene rings is 1. The lowest BCUT2D eigenvalue weighted by Gasteiger charge is -2.13. The number of nitrogens with two attached hydrogens (primary N) is 1. The number of primary sulfonamides is 1. The van der Waals surface area contributed by atoms with Crippen LogP contribution in [0.15, 0.2) is 17.0 Å². The molecule has 0 aliphatic carbocycles. The Bertz CT molecular complexity index is 464. The first-order valence-electron chi connectivity index (χ1n) is 5.06. The molecule has 1 aromatic carbocycles. The van der Waals surface area contributed by atoms with Gasteiger partial charge in [-0.1, -0.05) is 19.9 Å². The average Bonchev–Trinajstić information content (AvgIpc) is 2.15. The molecule has 0 spiro atoms. The molecule has 0 amide bonds. The van der Waals surface area contributed by atoms with Crippen LogP contribution in [0, 0.1) is 6.92 Å². The fourth-order valence-electron chi connectivity index (χ4n) is 1.93. The number of hydrogen-bond donors (Lipinski definition) is 1. The summed E-state index contributed by atoms with van der Waals surface area (Å²) >= 11 is 0. The highest BCUT2D eigenvalue weighted by atomic mass is 32.2. The third-order valence-corrected chi connectivity index (χ3v) is 3.63. The van der Waals surface area contributed by atoms with E-state index in [1.54, 1.807) is 6.07 Å². The zero-order valence-corrected chi connectivity index (χ0v) is 10.2. The van der Waals surface area contributed by atoms with E-state index in [0.29, 0.717) is 6.42 Å². The van der Waals surface area contributed by atoms with E-state index >= 15 is 0 Å². The normalized spacial score (nSPS) is 11.7. The quantitative estimate of drug-likeness (QED) is 0.855. The fraction of sp³-hybridized carbons (Fsp3) is 0.455. The maximum Gasteiger partial charge on any atom is 0.238 e. The Kier molecular flexibility index (Phi) is 3.52. The Morgan fingerprint density at radius 2 is 1.67 bits per heavy atom. The molecular formula is C11H17NO2S. The van der Waals surface area contributed by atoms with Gasteiger partial charge in [0, 0.05) is 0 Å². The molecule has 0 aromatic heterocycles. The van der Waals surface area contributed by atoms with E-state index in [4.69, 9.17) is 5.14 Å². The van der Waals surface area contributed by atoms with Crippen LogP contribution >= 0.6 is 0 Å². The second-order valence-electron chi connectivity index (χ2n) is 3.59. The summed E-state index contributed by atoms with van der Waals surface area (Å²) in [6.07, 6.45) is 1.52. The van der Waals surface area contributed by atoms with Crippen LogP contribution in [-0.2, 0) is 22.9 Å². The zero-order chi connectivity index (χ0) is 11.6. The van der Waals surface area contributed by atoms with E-state index in [0.717, 1.165) is 23.1 Å². The second kappa shape index (κ2) is 4.33. The van der Waals surface area contributed by atoms with Crippen LogP contribution < -0.4 is 5.14 Å². The summed E-state index contributed by atoms with van der Waals surface area (Å²) < 4.78 is 22.7. The average molecular weight is 227 g/mol. The molecule has 1 aromatic rings. The highest BCUT2D eigenvalue weighted by molar-refractivity contribution is 7.89. The monoisotopic (exact) mass is 227 g/mol. The van der Waals surface area contributed by atoms with E-state index in [2.05, 4.69) is 0 Å². The number of sulfonamides is 1. The van der Waals surface area contributed by atoms with Gasteiger partial charge < -0.3 is 0 Å². The molecule has 0 unspecified atom stereocenters. The molecule has 3 nitrogen and oxygen atoms in total. The fourth-order valence-corrected chi connectivity index (χ4v) is 2.80. The summed E-state index contributed by atoms with van der Waals surface area (Å²) in [6, 6.07) is 3.42. The molecular weight excluding hydrogens is 210 g/mol. The molecule has 0 saturated carbocycles. The molecule has 0 bridgehead atoms. The van der Waals surface area contributed by atoms with Crippen molar-refractivity contribution in [1.29, 1.82) is 0 Å². The van der Waals surface area contributed by atoms with Gasteiger partial charge in [-0.3, -0.25) is 0 Å². The first-order chi connectivity index (χ1) is 6.91. The Morgan fingerprint density at radius 3 is 2.07 bits per heavy atom. The lowest BCUT2D eigenvalue weighted by molar-refractivity contribution is 0.596. The molecule has 0 atom stereocenters. The summed E-state index contributed by atoms with van der Waals surface area (Å²) in [5.41, 5.74) is 3.09. The minimum Gasteiger partial charge on any atom is -0.225 e. The summed E-state index contributed by atoms with van der Waals surface area (Å²) in [7, 11) is -3.59. The summed E-state index contributed by atoms with van der Waals surface area (Å²) in [4.78, 5) is 0.271. The van der Waals surface area contributed by atoms with Crippen LogP contribution in [0.4, 0.5) is 0 Å². The first kappa shape index (κ1) is 12.2. The molecule has 84 valence electrons. The van der Waals surface area contributed by atoms with Crippen LogP contribution in [0.3, 0.4) is 0 Å². The zero-order valence-electron chi connectivity index (χ0n) is 9.37. The minimum atomic E-state index is -3.59. The predicted octanol–water partition coefficient (Wildman–Crippen LogP) is 1.77. The van der Waals surface area contributed by atoms with E-state index in [1.165, 1.54) is 0 Å². The van der Waals surface area contributed by atoms with Gasteiger partial charge in [0.15, 0.2) is 0 Å². The first-order valence-corrected chi connectivity index (χ1v) is 6.60. The SMILES string of the molecule is CCc1c(C)ccc(S(N)(=O)=O)c1CC. The Morgan fingerprint density at radius 1 is 1.13 bits per heavy atom. The van der Waals surface area contributed by atoms with Gasteiger partial charge in [-0.05, 0) is 42.5 Å². The van der Waals surface area contributed by atoms with Crippen molar-refractivity contribution >= 4 is 10.0 Å². The summed E-state index contributed by atoms with van der Waals surface area (Å²) in [6.45, 7) is 5.96. The van der Waals surface area contributed by atoms with E-state index in [9.17, 15) is 8.42 Å². The lowest BCUT2D eigenvalue weighted by Crippen LogP contribution is -2.16. The topological polar surface area (TPSA) is 60.2 Å². The van der Waals surface area contributed by atoms with Gasteiger partial charge in [0.05, 0.1) is 4.90 Å². The lowest BCUT2D eigenvalue weighted by atomic mass is 9.98. The predicted molar refractivity (Wildman–Crippen MR) is 61.3 cm³/mol. The minimum absolute atomic E-state index is 0.271. The van der Waals surface area contributed by atoms with Crippen molar-refractivity contribution in [2.75, 3.05) is 0 Å². The van der Waals surface area contributed by atoms with Gasteiger partial charge in [-0.25, -0.2) is 13.6 Å². The van der Waals surface area contributed by atoms with Crippen LogP contribution in [0.5, 0.6) is 0 Å². The number of hydrogen-bond acceptors (Lipinski definition) is 2. The second-order valence-corrected chi connectivity index (χ2v) is 5.12. The van der Waals surface area contributed by atoms with Crippen molar-refractivity contribution in [3.8, 4) is 0 Å². The molecule has 0 radical (unpaired) electrons. The van der Waals surface area contributed by atoms with Crippen LogP contribution in [-0.4, -0.2) is 8.42 Å². The number of rotatable bonds is 3. The molecule has 15 heavy (non-hydrogen) atoms. The van der Waals surface area contributed by atoms with Crippen molar-refractivity contribution in [2.45, 2.75) is 38.5 Å². The Balaban J connectivity index is 3.57. The van der Waals surface area contributed by atoms with Crippen molar-refractivity contribution in [1.82, 2.24) is 0 Å². The largest absolute Gasteiger partial charge is 0.238 e. The molecule has 0 heterocycles. The standard InChI is InChI=1S/C11H17NO2S/c1-4-9-8(3)6-7-11(10(9)5-2)15(12,13)14/h6-7H,4-5H2,1-3H3,(H2,12,13,14). The summed E-state index contributed by atoms with van der Waals surface area (Å²) in [5.74, 6) is 0. The van der Waals surface area contributed by atoms with Crippen molar-refractivity contribution < 1.29 is 8.42 Å². The van der Waals surface area contributed by atoms with Gasteiger partial charge in [-0.15, -0.1) is 0 Å². The third-order valence-electron chi connectivity index (χ3n) is 2.64. The van der Waals surface area contributed by atoms with Crippen LogP contribution in [0.1, 0.15) is 30.5 Å². The smallest absolute Gasteiger partial charge is 0.225 e. The molecule has 0 saturated heterocycles.